The van der Waals surface area contributed by atoms with E-state index in [4.69, 9.17) is 4.74 Å². The Kier molecular flexibility index (Phi) is 3.94. The predicted molar refractivity (Wildman–Crippen MR) is 55.4 cm³/mol. The van der Waals surface area contributed by atoms with E-state index in [2.05, 4.69) is 0 Å². The number of rotatable bonds is 1. The van der Waals surface area contributed by atoms with Crippen molar-refractivity contribution in [2.75, 3.05) is 27.7 Å². The number of nitrogens with zero attached hydrogens (tertiary/aromatic N) is 2. The summed E-state index contributed by atoms with van der Waals surface area (Å²) in [7, 11) is 4.73. The summed E-state index contributed by atoms with van der Waals surface area (Å²) >= 11 is 0. The van der Waals surface area contributed by atoms with Crippen LogP contribution in [0, 0.1) is 0 Å². The number of likely N-dealkylation sites (tertiary alicyclic amines) is 1. The Labute approximate surface area is 90.0 Å². The van der Waals surface area contributed by atoms with Gasteiger partial charge in [-0.1, -0.05) is 0 Å². The van der Waals surface area contributed by atoms with Crippen LogP contribution in [-0.4, -0.2) is 55.6 Å². The molecule has 1 saturated heterocycles. The standard InChI is InChI=1S/C10H18N2O3/c1-11(2)10(14)12-7-5-4-6-8(12)9(13)15-3/h8H,4-7H2,1-3H3. The molecule has 1 unspecified atom stereocenters. The second-order valence-corrected chi connectivity index (χ2v) is 3.91. The topological polar surface area (TPSA) is 49.9 Å². The normalized spacial score (nSPS) is 21.0. The Morgan fingerprint density at radius 2 is 2.00 bits per heavy atom. The molecule has 1 atom stereocenters. The molecule has 1 aliphatic rings. The van der Waals surface area contributed by atoms with Crippen molar-refractivity contribution in [3.63, 3.8) is 0 Å². The van der Waals surface area contributed by atoms with Crippen LogP contribution in [0.4, 0.5) is 4.79 Å². The molecule has 86 valence electrons. The number of methoxy groups -OCH3 is 1. The number of piperidine rings is 1. The van der Waals surface area contributed by atoms with Crippen LogP contribution in [0.2, 0.25) is 0 Å². The summed E-state index contributed by atoms with van der Waals surface area (Å²) in [6.45, 7) is 0.636. The number of ether oxygens (including phenoxy) is 1. The van der Waals surface area contributed by atoms with Gasteiger partial charge in [-0.2, -0.15) is 0 Å². The maximum atomic E-state index is 11.8. The molecule has 1 rings (SSSR count). The molecule has 0 aromatic carbocycles. The van der Waals surface area contributed by atoms with E-state index in [1.165, 1.54) is 12.0 Å². The number of carbonyl (C=O) groups is 2. The average molecular weight is 214 g/mol. The maximum absolute atomic E-state index is 11.8. The molecule has 0 aliphatic carbocycles. The third-order valence-electron chi connectivity index (χ3n) is 2.60. The highest BCUT2D eigenvalue weighted by molar-refractivity contribution is 5.83. The first-order valence-corrected chi connectivity index (χ1v) is 5.13. The number of carbonyl (C=O) groups excluding carboxylic acids is 2. The van der Waals surface area contributed by atoms with E-state index < -0.39 is 6.04 Å². The van der Waals surface area contributed by atoms with Crippen LogP contribution >= 0.6 is 0 Å². The van der Waals surface area contributed by atoms with Crippen molar-refractivity contribution in [2.45, 2.75) is 25.3 Å². The molecule has 0 spiro atoms. The second kappa shape index (κ2) is 5.00. The largest absolute Gasteiger partial charge is 0.467 e. The predicted octanol–water partition coefficient (Wildman–Crippen LogP) is 0.696. The number of hydrogen-bond acceptors (Lipinski definition) is 3. The summed E-state index contributed by atoms with van der Waals surface area (Å²) in [4.78, 5) is 26.3. The van der Waals surface area contributed by atoms with E-state index in [0.717, 1.165) is 12.8 Å². The Morgan fingerprint density at radius 3 is 2.53 bits per heavy atom. The molecule has 2 amide bonds. The number of esters is 1. The summed E-state index contributed by atoms with van der Waals surface area (Å²) in [6, 6.07) is -0.524. The van der Waals surface area contributed by atoms with Gasteiger partial charge in [0.15, 0.2) is 0 Å². The minimum Gasteiger partial charge on any atom is -0.467 e. The fraction of sp³-hybridized carbons (Fsp3) is 0.800. The third kappa shape index (κ3) is 2.61. The molecule has 0 radical (unpaired) electrons. The van der Waals surface area contributed by atoms with Crippen molar-refractivity contribution in [3.8, 4) is 0 Å². The zero-order valence-electron chi connectivity index (χ0n) is 9.52. The molecule has 5 nitrogen and oxygen atoms in total. The molecular weight excluding hydrogens is 196 g/mol. The highest BCUT2D eigenvalue weighted by Gasteiger charge is 2.33. The summed E-state index contributed by atoms with van der Waals surface area (Å²) in [5.74, 6) is -0.315. The zero-order chi connectivity index (χ0) is 11.4. The molecule has 1 fully saturated rings. The zero-order valence-corrected chi connectivity index (χ0v) is 9.52. The van der Waals surface area contributed by atoms with E-state index in [9.17, 15) is 9.59 Å². The quantitative estimate of drug-likeness (QED) is 0.604. The number of urea groups is 1. The molecule has 0 aromatic heterocycles. The van der Waals surface area contributed by atoms with Gasteiger partial charge in [-0.05, 0) is 19.3 Å². The SMILES string of the molecule is COC(=O)C1CCCCN1C(=O)N(C)C. The molecule has 0 saturated carbocycles. The first-order chi connectivity index (χ1) is 7.07. The Bertz CT molecular complexity index is 253. The molecule has 0 bridgehead atoms. The van der Waals surface area contributed by atoms with Gasteiger partial charge in [0.2, 0.25) is 0 Å². The molecule has 15 heavy (non-hydrogen) atoms. The van der Waals surface area contributed by atoms with Crippen molar-refractivity contribution in [3.05, 3.63) is 0 Å². The molecule has 1 heterocycles. The molecular formula is C10H18N2O3. The summed E-state index contributed by atoms with van der Waals surface area (Å²) < 4.78 is 4.70. The lowest BCUT2D eigenvalue weighted by Crippen LogP contribution is -2.51. The Hall–Kier alpha value is -1.26. The average Bonchev–Trinajstić information content (AvgIpc) is 2.27. The van der Waals surface area contributed by atoms with Crippen molar-refractivity contribution in [1.82, 2.24) is 9.80 Å². The summed E-state index contributed by atoms with van der Waals surface area (Å²) in [5.41, 5.74) is 0. The second-order valence-electron chi connectivity index (χ2n) is 3.91. The number of hydrogen-bond donors (Lipinski definition) is 0. The monoisotopic (exact) mass is 214 g/mol. The third-order valence-corrected chi connectivity index (χ3v) is 2.60. The minimum absolute atomic E-state index is 0.120. The van der Waals surface area contributed by atoms with Gasteiger partial charge in [0.25, 0.3) is 0 Å². The van der Waals surface area contributed by atoms with Gasteiger partial charge in [0, 0.05) is 20.6 Å². The Balaban J connectivity index is 2.73. The first kappa shape index (κ1) is 11.8. The van der Waals surface area contributed by atoms with Gasteiger partial charge in [-0.15, -0.1) is 0 Å². The highest BCUT2D eigenvalue weighted by Crippen LogP contribution is 2.19. The minimum atomic E-state index is -0.404. The smallest absolute Gasteiger partial charge is 0.328 e. The van der Waals surface area contributed by atoms with E-state index >= 15 is 0 Å². The van der Waals surface area contributed by atoms with Crippen molar-refractivity contribution in [1.29, 1.82) is 0 Å². The fourth-order valence-corrected chi connectivity index (χ4v) is 1.80. The highest BCUT2D eigenvalue weighted by atomic mass is 16.5. The van der Waals surface area contributed by atoms with E-state index in [1.54, 1.807) is 19.0 Å². The van der Waals surface area contributed by atoms with Crippen LogP contribution in [0.25, 0.3) is 0 Å². The van der Waals surface area contributed by atoms with Gasteiger partial charge in [0.05, 0.1) is 7.11 Å². The van der Waals surface area contributed by atoms with Gasteiger partial charge in [-0.3, -0.25) is 0 Å². The van der Waals surface area contributed by atoms with Gasteiger partial charge < -0.3 is 14.5 Å². The van der Waals surface area contributed by atoms with E-state index in [-0.39, 0.29) is 12.0 Å². The van der Waals surface area contributed by atoms with Crippen LogP contribution in [0.3, 0.4) is 0 Å². The van der Waals surface area contributed by atoms with E-state index in [0.29, 0.717) is 13.0 Å². The van der Waals surface area contributed by atoms with Crippen molar-refractivity contribution < 1.29 is 14.3 Å². The lowest BCUT2D eigenvalue weighted by atomic mass is 10.0. The van der Waals surface area contributed by atoms with Crippen LogP contribution in [0.5, 0.6) is 0 Å². The van der Waals surface area contributed by atoms with Crippen molar-refractivity contribution >= 4 is 12.0 Å². The van der Waals surface area contributed by atoms with Crippen LogP contribution in [0.1, 0.15) is 19.3 Å². The van der Waals surface area contributed by atoms with Crippen LogP contribution in [-0.2, 0) is 9.53 Å². The summed E-state index contributed by atoms with van der Waals surface area (Å²) in [6.07, 6.45) is 2.62. The lowest BCUT2D eigenvalue weighted by molar-refractivity contribution is -0.147. The number of amides is 2. The van der Waals surface area contributed by atoms with Gasteiger partial charge in [-0.25, -0.2) is 9.59 Å². The van der Waals surface area contributed by atoms with Crippen molar-refractivity contribution in [2.24, 2.45) is 0 Å². The van der Waals surface area contributed by atoms with Gasteiger partial charge in [0.1, 0.15) is 6.04 Å². The van der Waals surface area contributed by atoms with Gasteiger partial charge >= 0.3 is 12.0 Å². The Morgan fingerprint density at radius 1 is 1.33 bits per heavy atom. The molecule has 0 aromatic rings. The molecule has 0 N–H and O–H groups in total. The summed E-state index contributed by atoms with van der Waals surface area (Å²) in [5, 5.41) is 0. The molecule has 1 aliphatic heterocycles. The first-order valence-electron chi connectivity index (χ1n) is 5.13. The van der Waals surface area contributed by atoms with Crippen LogP contribution < -0.4 is 0 Å². The maximum Gasteiger partial charge on any atom is 0.328 e. The lowest BCUT2D eigenvalue weighted by Gasteiger charge is -2.35. The molecule has 5 heteroatoms. The fourth-order valence-electron chi connectivity index (χ4n) is 1.80. The van der Waals surface area contributed by atoms with E-state index in [1.807, 2.05) is 0 Å². The van der Waals surface area contributed by atoms with Crippen LogP contribution in [0.15, 0.2) is 0 Å².